The van der Waals surface area contributed by atoms with Crippen LogP contribution < -0.4 is 0 Å². The zero-order chi connectivity index (χ0) is 14.6. The number of rotatable bonds is 1. The number of benzene rings is 2. The first-order valence-electron chi connectivity index (χ1n) is 6.37. The normalized spacial score (nSPS) is 11.5. The standard InChI is InChI=1S/C16H9ClN2O2/c17-8-3-4-13-10(6-8)11-7-12(16(20)21)9-2-1-5-18-14(9)15(11)19-13/h1-7,19H,(H,20,21). The molecule has 0 spiro atoms. The van der Waals surface area contributed by atoms with Gasteiger partial charge < -0.3 is 10.1 Å². The van der Waals surface area contributed by atoms with Gasteiger partial charge in [-0.15, -0.1) is 0 Å². The number of fused-ring (bicyclic) bond motifs is 5. The van der Waals surface area contributed by atoms with Crippen molar-refractivity contribution in [2.75, 3.05) is 0 Å². The highest BCUT2D eigenvalue weighted by molar-refractivity contribution is 6.32. The summed E-state index contributed by atoms with van der Waals surface area (Å²) in [6.45, 7) is 0. The molecule has 0 atom stereocenters. The van der Waals surface area contributed by atoms with Crippen molar-refractivity contribution in [1.29, 1.82) is 0 Å². The fraction of sp³-hybridized carbons (Fsp3) is 0. The summed E-state index contributed by atoms with van der Waals surface area (Å²) in [7, 11) is 0. The molecule has 102 valence electrons. The molecule has 2 aromatic heterocycles. The average molecular weight is 297 g/mol. The molecule has 0 amide bonds. The summed E-state index contributed by atoms with van der Waals surface area (Å²) in [5.41, 5.74) is 2.63. The Morgan fingerprint density at radius 1 is 1.14 bits per heavy atom. The number of aromatic carboxylic acids is 1. The van der Waals surface area contributed by atoms with Gasteiger partial charge in [-0.05, 0) is 30.3 Å². The van der Waals surface area contributed by atoms with E-state index in [4.69, 9.17) is 11.6 Å². The topological polar surface area (TPSA) is 66.0 Å². The summed E-state index contributed by atoms with van der Waals surface area (Å²) in [6, 6.07) is 10.7. The number of carboxylic acid groups (broad SMARTS) is 1. The summed E-state index contributed by atoms with van der Waals surface area (Å²) >= 11 is 6.05. The predicted octanol–water partition coefficient (Wildman–Crippen LogP) is 4.22. The van der Waals surface area contributed by atoms with Gasteiger partial charge in [0.2, 0.25) is 0 Å². The second-order valence-corrected chi connectivity index (χ2v) is 5.30. The zero-order valence-electron chi connectivity index (χ0n) is 10.7. The smallest absolute Gasteiger partial charge is 0.336 e. The van der Waals surface area contributed by atoms with Crippen LogP contribution in [0.1, 0.15) is 10.4 Å². The quantitative estimate of drug-likeness (QED) is 0.552. The van der Waals surface area contributed by atoms with Crippen LogP contribution in [0.5, 0.6) is 0 Å². The predicted molar refractivity (Wildman–Crippen MR) is 83.1 cm³/mol. The molecule has 21 heavy (non-hydrogen) atoms. The molecule has 0 bridgehead atoms. The molecule has 5 heteroatoms. The Balaban J connectivity index is 2.31. The molecule has 4 rings (SSSR count). The number of carboxylic acids is 1. The molecule has 0 radical (unpaired) electrons. The summed E-state index contributed by atoms with van der Waals surface area (Å²) in [5, 5.41) is 12.4. The van der Waals surface area contributed by atoms with Crippen LogP contribution in [-0.4, -0.2) is 21.0 Å². The Morgan fingerprint density at radius 2 is 2.00 bits per heavy atom. The molecule has 0 aliphatic heterocycles. The first kappa shape index (κ1) is 12.2. The maximum Gasteiger partial charge on any atom is 0.336 e. The van der Waals surface area contributed by atoms with Crippen LogP contribution >= 0.6 is 11.6 Å². The fourth-order valence-electron chi connectivity index (χ4n) is 2.74. The van der Waals surface area contributed by atoms with E-state index in [1.54, 1.807) is 30.5 Å². The number of halogens is 1. The molecule has 4 nitrogen and oxygen atoms in total. The van der Waals surface area contributed by atoms with Crippen molar-refractivity contribution in [1.82, 2.24) is 9.97 Å². The zero-order valence-corrected chi connectivity index (χ0v) is 11.5. The number of pyridine rings is 1. The van der Waals surface area contributed by atoms with Crippen molar-refractivity contribution in [2.24, 2.45) is 0 Å². The van der Waals surface area contributed by atoms with Gasteiger partial charge in [-0.3, -0.25) is 4.98 Å². The summed E-state index contributed by atoms with van der Waals surface area (Å²) in [6.07, 6.45) is 1.66. The first-order valence-corrected chi connectivity index (χ1v) is 6.75. The van der Waals surface area contributed by atoms with E-state index in [0.29, 0.717) is 15.9 Å². The molecular formula is C16H9ClN2O2. The van der Waals surface area contributed by atoms with E-state index in [2.05, 4.69) is 9.97 Å². The Hall–Kier alpha value is -2.59. The molecule has 0 saturated heterocycles. The molecule has 4 aromatic rings. The van der Waals surface area contributed by atoms with Gasteiger partial charge in [0.1, 0.15) is 0 Å². The van der Waals surface area contributed by atoms with Crippen molar-refractivity contribution in [3.63, 3.8) is 0 Å². The Bertz CT molecular complexity index is 1040. The average Bonchev–Trinajstić information content (AvgIpc) is 2.84. The summed E-state index contributed by atoms with van der Waals surface area (Å²) in [5.74, 6) is -0.966. The Kier molecular flexibility index (Phi) is 2.43. The van der Waals surface area contributed by atoms with Crippen LogP contribution in [0.25, 0.3) is 32.7 Å². The lowest BCUT2D eigenvalue weighted by atomic mass is 10.0. The molecule has 0 aliphatic rings. The van der Waals surface area contributed by atoms with Gasteiger partial charge in [-0.2, -0.15) is 0 Å². The number of nitrogens with zero attached hydrogens (tertiary/aromatic N) is 1. The minimum Gasteiger partial charge on any atom is -0.478 e. The largest absolute Gasteiger partial charge is 0.478 e. The van der Waals surface area contributed by atoms with Gasteiger partial charge in [-0.1, -0.05) is 17.7 Å². The minimum atomic E-state index is -0.966. The first-order chi connectivity index (χ1) is 10.1. The number of hydrogen-bond donors (Lipinski definition) is 2. The van der Waals surface area contributed by atoms with Crippen LogP contribution in [0.15, 0.2) is 42.6 Å². The minimum absolute atomic E-state index is 0.242. The van der Waals surface area contributed by atoms with E-state index in [-0.39, 0.29) is 5.56 Å². The molecule has 0 saturated carbocycles. The van der Waals surface area contributed by atoms with Gasteiger partial charge in [0.05, 0.1) is 16.6 Å². The van der Waals surface area contributed by atoms with Crippen molar-refractivity contribution in [3.8, 4) is 0 Å². The third kappa shape index (κ3) is 1.69. The van der Waals surface area contributed by atoms with Crippen LogP contribution in [0.3, 0.4) is 0 Å². The van der Waals surface area contributed by atoms with Gasteiger partial charge in [0.25, 0.3) is 0 Å². The molecule has 0 fully saturated rings. The second-order valence-electron chi connectivity index (χ2n) is 4.87. The molecule has 0 aliphatic carbocycles. The molecule has 2 heterocycles. The Labute approximate surface area is 124 Å². The lowest BCUT2D eigenvalue weighted by molar-refractivity contribution is 0.0699. The van der Waals surface area contributed by atoms with E-state index < -0.39 is 5.97 Å². The summed E-state index contributed by atoms with van der Waals surface area (Å²) in [4.78, 5) is 19.2. The van der Waals surface area contributed by atoms with Gasteiger partial charge in [0, 0.05) is 32.9 Å². The number of nitrogens with one attached hydrogen (secondary N) is 1. The third-order valence-corrected chi connectivity index (χ3v) is 3.89. The third-order valence-electron chi connectivity index (χ3n) is 3.65. The molecular weight excluding hydrogens is 288 g/mol. The molecule has 2 N–H and O–H groups in total. The SMILES string of the molecule is O=C(O)c1cc2c3cc(Cl)ccc3[nH]c2c2ncccc12. The highest BCUT2D eigenvalue weighted by Gasteiger charge is 2.16. The maximum absolute atomic E-state index is 11.5. The fourth-order valence-corrected chi connectivity index (χ4v) is 2.91. The van der Waals surface area contributed by atoms with Crippen LogP contribution in [0.4, 0.5) is 0 Å². The molecule has 0 unspecified atom stereocenters. The highest BCUT2D eigenvalue weighted by atomic mass is 35.5. The number of hydrogen-bond acceptors (Lipinski definition) is 2. The van der Waals surface area contributed by atoms with Crippen LogP contribution in [-0.2, 0) is 0 Å². The lowest BCUT2D eigenvalue weighted by Gasteiger charge is -2.03. The van der Waals surface area contributed by atoms with E-state index in [1.807, 2.05) is 12.1 Å². The van der Waals surface area contributed by atoms with Gasteiger partial charge in [-0.25, -0.2) is 4.79 Å². The van der Waals surface area contributed by atoms with E-state index in [0.717, 1.165) is 21.8 Å². The van der Waals surface area contributed by atoms with Crippen LogP contribution in [0.2, 0.25) is 5.02 Å². The number of H-pyrrole nitrogens is 1. The number of aromatic nitrogens is 2. The van der Waals surface area contributed by atoms with Gasteiger partial charge in [0.15, 0.2) is 0 Å². The monoisotopic (exact) mass is 296 g/mol. The van der Waals surface area contributed by atoms with Crippen molar-refractivity contribution >= 4 is 50.3 Å². The van der Waals surface area contributed by atoms with E-state index in [1.165, 1.54) is 0 Å². The van der Waals surface area contributed by atoms with Crippen molar-refractivity contribution in [3.05, 3.63) is 53.2 Å². The Morgan fingerprint density at radius 3 is 2.81 bits per heavy atom. The number of aromatic amines is 1. The van der Waals surface area contributed by atoms with Gasteiger partial charge >= 0.3 is 5.97 Å². The summed E-state index contributed by atoms with van der Waals surface area (Å²) < 4.78 is 0. The maximum atomic E-state index is 11.5. The van der Waals surface area contributed by atoms with Crippen molar-refractivity contribution < 1.29 is 9.90 Å². The second kappa shape index (κ2) is 4.20. The highest BCUT2D eigenvalue weighted by Crippen LogP contribution is 2.33. The van der Waals surface area contributed by atoms with E-state index in [9.17, 15) is 9.90 Å². The van der Waals surface area contributed by atoms with E-state index >= 15 is 0 Å². The molecule has 2 aromatic carbocycles. The van der Waals surface area contributed by atoms with Crippen LogP contribution in [0, 0.1) is 0 Å². The lowest BCUT2D eigenvalue weighted by Crippen LogP contribution is -1.98. The number of carbonyl (C=O) groups is 1. The van der Waals surface area contributed by atoms with Crippen molar-refractivity contribution in [2.45, 2.75) is 0 Å².